The minimum Gasteiger partial charge on any atom is -0.481 e. The number of benzene rings is 1. The predicted octanol–water partition coefficient (Wildman–Crippen LogP) is 2.63. The van der Waals surface area contributed by atoms with Crippen molar-refractivity contribution in [2.24, 2.45) is 11.8 Å². The quantitative estimate of drug-likeness (QED) is 0.891. The van der Waals surface area contributed by atoms with E-state index in [0.29, 0.717) is 17.9 Å². The van der Waals surface area contributed by atoms with Crippen LogP contribution in [0.3, 0.4) is 0 Å². The van der Waals surface area contributed by atoms with Gasteiger partial charge in [-0.2, -0.15) is 0 Å². The average Bonchev–Trinajstić information content (AvgIpc) is 2.26. The monoisotopic (exact) mass is 281 g/mol. The van der Waals surface area contributed by atoms with Gasteiger partial charge in [-0.15, -0.1) is 0 Å². The lowest BCUT2D eigenvalue weighted by atomic mass is 9.73. The fourth-order valence-corrected chi connectivity index (χ4v) is 2.49. The summed E-state index contributed by atoms with van der Waals surface area (Å²) in [7, 11) is 0. The van der Waals surface area contributed by atoms with Crippen LogP contribution in [0.15, 0.2) is 24.3 Å². The summed E-state index contributed by atoms with van der Waals surface area (Å²) in [6.45, 7) is 1.86. The Balaban J connectivity index is 1.97. The summed E-state index contributed by atoms with van der Waals surface area (Å²) in [6.07, 6.45) is 1.23. The minimum atomic E-state index is -0.887. The van der Waals surface area contributed by atoms with Gasteiger partial charge in [-0.05, 0) is 37.5 Å². The minimum absolute atomic E-state index is 0.179. The van der Waals surface area contributed by atoms with E-state index in [-0.39, 0.29) is 11.9 Å². The number of nitrogens with one attached hydrogen (secondary N) is 1. The molecule has 1 fully saturated rings. The van der Waals surface area contributed by atoms with Crippen molar-refractivity contribution in [3.63, 3.8) is 0 Å². The molecule has 0 spiro atoms. The van der Waals surface area contributed by atoms with Crippen LogP contribution in [-0.2, 0) is 9.59 Å². The van der Waals surface area contributed by atoms with Crippen LogP contribution in [0, 0.1) is 11.8 Å². The summed E-state index contributed by atoms with van der Waals surface area (Å²) in [5.41, 5.74) is 0.909. The number of carboxylic acid groups (broad SMARTS) is 1. The molecule has 0 radical (unpaired) electrons. The molecule has 1 saturated carbocycles. The smallest absolute Gasteiger partial charge is 0.307 e. The first-order valence-electron chi connectivity index (χ1n) is 6.27. The van der Waals surface area contributed by atoms with E-state index < -0.39 is 17.8 Å². The molecule has 0 aliphatic heterocycles. The Hall–Kier alpha value is -1.55. The zero-order valence-electron chi connectivity index (χ0n) is 10.6. The van der Waals surface area contributed by atoms with E-state index in [9.17, 15) is 9.59 Å². The Morgan fingerprint density at radius 3 is 2.58 bits per heavy atom. The standard InChI is InChI=1S/C14H16ClNO3/c1-8(9-3-2-4-10(15)7-9)16-13(17)11-5-6-12(11)14(18)19/h2-4,7-8,11-12H,5-6H2,1H3,(H,16,17)(H,18,19). The third kappa shape index (κ3) is 3.07. The fraction of sp³-hybridized carbons (Fsp3) is 0.429. The number of carbonyl (C=O) groups is 2. The molecule has 1 aliphatic rings. The van der Waals surface area contributed by atoms with Crippen LogP contribution < -0.4 is 5.32 Å². The molecular formula is C14H16ClNO3. The lowest BCUT2D eigenvalue weighted by molar-refractivity contribution is -0.152. The highest BCUT2D eigenvalue weighted by Gasteiger charge is 2.41. The second kappa shape index (κ2) is 5.61. The maximum Gasteiger partial charge on any atom is 0.307 e. The summed E-state index contributed by atoms with van der Waals surface area (Å²) in [4.78, 5) is 22.9. The van der Waals surface area contributed by atoms with E-state index in [1.165, 1.54) is 0 Å². The Morgan fingerprint density at radius 2 is 2.05 bits per heavy atom. The Labute approximate surface area is 116 Å². The number of hydrogen-bond donors (Lipinski definition) is 2. The first-order valence-corrected chi connectivity index (χ1v) is 6.65. The predicted molar refractivity (Wildman–Crippen MR) is 71.9 cm³/mol. The van der Waals surface area contributed by atoms with Crippen LogP contribution in [0.2, 0.25) is 5.02 Å². The van der Waals surface area contributed by atoms with Crippen LogP contribution in [0.5, 0.6) is 0 Å². The van der Waals surface area contributed by atoms with Crippen LogP contribution in [0.1, 0.15) is 31.4 Å². The van der Waals surface area contributed by atoms with E-state index in [4.69, 9.17) is 16.7 Å². The lowest BCUT2D eigenvalue weighted by Gasteiger charge is -2.33. The highest BCUT2D eigenvalue weighted by atomic mass is 35.5. The highest BCUT2D eigenvalue weighted by Crippen LogP contribution is 2.35. The van der Waals surface area contributed by atoms with Crippen molar-refractivity contribution in [1.82, 2.24) is 5.32 Å². The number of carboxylic acids is 1. The van der Waals surface area contributed by atoms with Crippen molar-refractivity contribution in [3.8, 4) is 0 Å². The van der Waals surface area contributed by atoms with Crippen LogP contribution in [0.25, 0.3) is 0 Å². The largest absolute Gasteiger partial charge is 0.481 e. The van der Waals surface area contributed by atoms with Gasteiger partial charge in [0.25, 0.3) is 0 Å². The molecule has 102 valence electrons. The van der Waals surface area contributed by atoms with Gasteiger partial charge in [-0.3, -0.25) is 9.59 Å². The fourth-order valence-electron chi connectivity index (χ4n) is 2.29. The molecule has 0 aromatic heterocycles. The molecule has 5 heteroatoms. The number of carbonyl (C=O) groups excluding carboxylic acids is 1. The van der Waals surface area contributed by atoms with Gasteiger partial charge in [0.05, 0.1) is 17.9 Å². The molecule has 2 rings (SSSR count). The molecule has 0 saturated heterocycles. The molecule has 3 atom stereocenters. The Morgan fingerprint density at radius 1 is 1.37 bits per heavy atom. The second-order valence-electron chi connectivity index (χ2n) is 4.91. The molecule has 2 N–H and O–H groups in total. The van der Waals surface area contributed by atoms with Crippen LogP contribution in [-0.4, -0.2) is 17.0 Å². The second-order valence-corrected chi connectivity index (χ2v) is 5.35. The molecule has 0 bridgehead atoms. The molecule has 4 nitrogen and oxygen atoms in total. The number of halogens is 1. The van der Waals surface area contributed by atoms with E-state index in [1.807, 2.05) is 19.1 Å². The van der Waals surface area contributed by atoms with Gasteiger partial charge >= 0.3 is 5.97 Å². The van der Waals surface area contributed by atoms with Crippen molar-refractivity contribution < 1.29 is 14.7 Å². The lowest BCUT2D eigenvalue weighted by Crippen LogP contribution is -2.44. The van der Waals surface area contributed by atoms with Gasteiger partial charge in [0.1, 0.15) is 0 Å². The van der Waals surface area contributed by atoms with Crippen molar-refractivity contribution >= 4 is 23.5 Å². The van der Waals surface area contributed by atoms with Gasteiger partial charge < -0.3 is 10.4 Å². The number of hydrogen-bond acceptors (Lipinski definition) is 2. The van der Waals surface area contributed by atoms with Crippen LogP contribution >= 0.6 is 11.6 Å². The number of aliphatic carboxylic acids is 1. The summed E-state index contributed by atoms with van der Waals surface area (Å²) >= 11 is 5.90. The molecular weight excluding hydrogens is 266 g/mol. The normalized spacial score (nSPS) is 23.3. The Kier molecular flexibility index (Phi) is 4.10. The molecule has 1 aromatic carbocycles. The average molecular weight is 282 g/mol. The zero-order chi connectivity index (χ0) is 14.0. The molecule has 1 amide bonds. The molecule has 1 aliphatic carbocycles. The van der Waals surface area contributed by atoms with Gasteiger partial charge in [0.15, 0.2) is 0 Å². The Bertz CT molecular complexity index is 503. The maximum atomic E-state index is 12.0. The van der Waals surface area contributed by atoms with Gasteiger partial charge in [-0.1, -0.05) is 23.7 Å². The zero-order valence-corrected chi connectivity index (χ0v) is 11.4. The maximum absolute atomic E-state index is 12.0. The third-order valence-electron chi connectivity index (χ3n) is 3.64. The highest BCUT2D eigenvalue weighted by molar-refractivity contribution is 6.30. The third-order valence-corrected chi connectivity index (χ3v) is 3.87. The molecule has 1 aromatic rings. The molecule has 3 unspecified atom stereocenters. The van der Waals surface area contributed by atoms with Gasteiger partial charge in [-0.25, -0.2) is 0 Å². The van der Waals surface area contributed by atoms with E-state index >= 15 is 0 Å². The van der Waals surface area contributed by atoms with Gasteiger partial charge in [0.2, 0.25) is 5.91 Å². The van der Waals surface area contributed by atoms with Crippen molar-refractivity contribution in [1.29, 1.82) is 0 Å². The topological polar surface area (TPSA) is 66.4 Å². The summed E-state index contributed by atoms with van der Waals surface area (Å²) in [5.74, 6) is -2.02. The van der Waals surface area contributed by atoms with Gasteiger partial charge in [0, 0.05) is 5.02 Å². The van der Waals surface area contributed by atoms with Crippen molar-refractivity contribution in [2.75, 3.05) is 0 Å². The summed E-state index contributed by atoms with van der Waals surface area (Å²) in [6, 6.07) is 7.09. The number of amides is 1. The van der Waals surface area contributed by atoms with Crippen molar-refractivity contribution in [2.45, 2.75) is 25.8 Å². The first kappa shape index (κ1) is 13.9. The SMILES string of the molecule is CC(NC(=O)C1CCC1C(=O)O)c1cccc(Cl)c1. The van der Waals surface area contributed by atoms with Crippen LogP contribution in [0.4, 0.5) is 0 Å². The van der Waals surface area contributed by atoms with Crippen molar-refractivity contribution in [3.05, 3.63) is 34.9 Å². The number of rotatable bonds is 4. The first-order chi connectivity index (χ1) is 8.99. The summed E-state index contributed by atoms with van der Waals surface area (Å²) in [5, 5.41) is 12.4. The molecule has 19 heavy (non-hydrogen) atoms. The summed E-state index contributed by atoms with van der Waals surface area (Å²) < 4.78 is 0. The molecule has 0 heterocycles. The van der Waals surface area contributed by atoms with E-state index in [1.54, 1.807) is 12.1 Å². The van der Waals surface area contributed by atoms with E-state index in [0.717, 1.165) is 5.56 Å². The van der Waals surface area contributed by atoms with E-state index in [2.05, 4.69) is 5.32 Å².